The molecule has 0 aliphatic heterocycles. The van der Waals surface area contributed by atoms with Crippen LogP contribution in [0.2, 0.25) is 0 Å². The first-order chi connectivity index (χ1) is 14.2. The molecule has 3 heterocycles. The number of nitrogens with zero attached hydrogens (tertiary/aromatic N) is 5. The van der Waals surface area contributed by atoms with Crippen LogP contribution in [0.1, 0.15) is 56.8 Å². The Morgan fingerprint density at radius 2 is 2.10 bits per heavy atom. The SMILES string of the molecule is CCOC(=O)Cc1nnc(SCc2nnc(-c3ccco3)o2)n1C1CCCCC1. The van der Waals surface area contributed by atoms with Gasteiger partial charge in [-0.3, -0.25) is 4.79 Å². The number of hydrogen-bond donors (Lipinski definition) is 0. The average Bonchev–Trinajstić information content (AvgIpc) is 3.48. The van der Waals surface area contributed by atoms with Gasteiger partial charge in [0.25, 0.3) is 5.89 Å². The molecule has 1 fully saturated rings. The van der Waals surface area contributed by atoms with Gasteiger partial charge in [-0.25, -0.2) is 0 Å². The van der Waals surface area contributed by atoms with Gasteiger partial charge in [-0.15, -0.1) is 20.4 Å². The molecule has 3 aromatic heterocycles. The summed E-state index contributed by atoms with van der Waals surface area (Å²) >= 11 is 1.48. The van der Waals surface area contributed by atoms with E-state index >= 15 is 0 Å². The first-order valence-electron chi connectivity index (χ1n) is 9.83. The quantitative estimate of drug-likeness (QED) is 0.399. The van der Waals surface area contributed by atoms with Gasteiger partial charge >= 0.3 is 5.97 Å². The number of carbonyl (C=O) groups excluding carboxylic acids is 1. The van der Waals surface area contributed by atoms with Crippen LogP contribution < -0.4 is 0 Å². The largest absolute Gasteiger partial charge is 0.466 e. The highest BCUT2D eigenvalue weighted by atomic mass is 32.2. The molecule has 154 valence electrons. The molecule has 29 heavy (non-hydrogen) atoms. The number of carbonyl (C=O) groups is 1. The normalized spacial score (nSPS) is 14.9. The minimum atomic E-state index is -0.284. The zero-order valence-electron chi connectivity index (χ0n) is 16.2. The van der Waals surface area contributed by atoms with Crippen LogP contribution in [0.3, 0.4) is 0 Å². The molecular weight excluding hydrogens is 394 g/mol. The zero-order valence-corrected chi connectivity index (χ0v) is 17.1. The van der Waals surface area contributed by atoms with E-state index < -0.39 is 0 Å². The first-order valence-corrected chi connectivity index (χ1v) is 10.8. The molecule has 0 saturated heterocycles. The minimum absolute atomic E-state index is 0.126. The van der Waals surface area contributed by atoms with E-state index in [1.54, 1.807) is 25.3 Å². The molecule has 0 bridgehead atoms. The van der Waals surface area contributed by atoms with E-state index in [-0.39, 0.29) is 12.4 Å². The maximum Gasteiger partial charge on any atom is 0.313 e. The number of hydrogen-bond acceptors (Lipinski definition) is 9. The molecule has 0 amide bonds. The van der Waals surface area contributed by atoms with Crippen molar-refractivity contribution in [3.05, 3.63) is 30.1 Å². The topological polar surface area (TPSA) is 109 Å². The van der Waals surface area contributed by atoms with Crippen LogP contribution in [0.15, 0.2) is 32.4 Å². The van der Waals surface area contributed by atoms with Crippen LogP contribution in [-0.2, 0) is 21.7 Å². The number of furan rings is 1. The molecule has 0 spiro atoms. The van der Waals surface area contributed by atoms with Crippen LogP contribution in [-0.4, -0.2) is 37.5 Å². The second kappa shape index (κ2) is 9.25. The molecule has 0 N–H and O–H groups in total. The maximum atomic E-state index is 12.0. The van der Waals surface area contributed by atoms with Crippen molar-refractivity contribution in [3.63, 3.8) is 0 Å². The summed E-state index contributed by atoms with van der Waals surface area (Å²) in [5, 5.41) is 17.5. The fraction of sp³-hybridized carbons (Fsp3) is 0.526. The van der Waals surface area contributed by atoms with Crippen molar-refractivity contribution in [2.45, 2.75) is 62.4 Å². The highest BCUT2D eigenvalue weighted by Crippen LogP contribution is 2.34. The van der Waals surface area contributed by atoms with Gasteiger partial charge in [0.05, 0.1) is 18.6 Å². The number of ether oxygens (including phenoxy) is 1. The summed E-state index contributed by atoms with van der Waals surface area (Å²) in [6, 6.07) is 3.84. The molecular formula is C19H23N5O4S. The third-order valence-corrected chi connectivity index (χ3v) is 5.73. The van der Waals surface area contributed by atoms with E-state index in [0.29, 0.717) is 41.8 Å². The number of thioether (sulfide) groups is 1. The van der Waals surface area contributed by atoms with Crippen molar-refractivity contribution in [2.24, 2.45) is 0 Å². The number of aromatic nitrogens is 5. The molecule has 1 aliphatic rings. The monoisotopic (exact) mass is 417 g/mol. The van der Waals surface area contributed by atoms with Crippen molar-refractivity contribution in [1.29, 1.82) is 0 Å². The van der Waals surface area contributed by atoms with E-state index in [2.05, 4.69) is 25.0 Å². The van der Waals surface area contributed by atoms with Crippen LogP contribution in [0.5, 0.6) is 0 Å². The Morgan fingerprint density at radius 1 is 1.24 bits per heavy atom. The fourth-order valence-corrected chi connectivity index (χ4v) is 4.37. The third kappa shape index (κ3) is 4.69. The van der Waals surface area contributed by atoms with Crippen molar-refractivity contribution in [2.75, 3.05) is 6.61 Å². The smallest absolute Gasteiger partial charge is 0.313 e. The predicted molar refractivity (Wildman–Crippen MR) is 104 cm³/mol. The Morgan fingerprint density at radius 3 is 2.86 bits per heavy atom. The molecule has 9 nitrogen and oxygen atoms in total. The lowest BCUT2D eigenvalue weighted by atomic mass is 9.95. The lowest BCUT2D eigenvalue weighted by molar-refractivity contribution is -0.142. The minimum Gasteiger partial charge on any atom is -0.466 e. The fourth-order valence-electron chi connectivity index (χ4n) is 3.51. The second-order valence-corrected chi connectivity index (χ2v) is 7.75. The van der Waals surface area contributed by atoms with Crippen molar-refractivity contribution in [3.8, 4) is 11.7 Å². The first kappa shape index (κ1) is 19.7. The Hall–Kier alpha value is -2.62. The summed E-state index contributed by atoms with van der Waals surface area (Å²) < 4.78 is 18.1. The van der Waals surface area contributed by atoms with Gasteiger partial charge in [-0.2, -0.15) is 0 Å². The van der Waals surface area contributed by atoms with Gasteiger partial charge in [0, 0.05) is 6.04 Å². The number of esters is 1. The van der Waals surface area contributed by atoms with Gasteiger partial charge < -0.3 is 18.1 Å². The molecule has 0 unspecified atom stereocenters. The summed E-state index contributed by atoms with van der Waals surface area (Å²) in [5.74, 6) is 2.19. The van der Waals surface area contributed by atoms with Crippen LogP contribution in [0, 0.1) is 0 Å². The summed E-state index contributed by atoms with van der Waals surface area (Å²) in [6.07, 6.45) is 7.39. The molecule has 0 radical (unpaired) electrons. The highest BCUT2D eigenvalue weighted by molar-refractivity contribution is 7.98. The summed E-state index contributed by atoms with van der Waals surface area (Å²) in [4.78, 5) is 12.0. The molecule has 10 heteroatoms. The van der Waals surface area contributed by atoms with Gasteiger partial charge in [-0.05, 0) is 31.9 Å². The van der Waals surface area contributed by atoms with Crippen LogP contribution >= 0.6 is 11.8 Å². The van der Waals surface area contributed by atoms with E-state index in [9.17, 15) is 4.79 Å². The summed E-state index contributed by atoms with van der Waals surface area (Å²) in [6.45, 7) is 2.15. The third-order valence-electron chi connectivity index (χ3n) is 4.81. The Bertz CT molecular complexity index is 930. The van der Waals surface area contributed by atoms with E-state index in [1.165, 1.54) is 31.0 Å². The Labute approximate surface area is 172 Å². The summed E-state index contributed by atoms with van der Waals surface area (Å²) in [7, 11) is 0. The number of rotatable bonds is 8. The van der Waals surface area contributed by atoms with Crippen molar-refractivity contribution < 1.29 is 18.4 Å². The molecule has 1 aliphatic carbocycles. The van der Waals surface area contributed by atoms with E-state index in [1.807, 2.05) is 0 Å². The molecule has 3 aromatic rings. The second-order valence-electron chi connectivity index (χ2n) is 6.81. The molecule has 1 saturated carbocycles. The molecule has 4 rings (SSSR count). The highest BCUT2D eigenvalue weighted by Gasteiger charge is 2.25. The van der Waals surface area contributed by atoms with E-state index in [4.69, 9.17) is 13.6 Å². The molecule has 0 aromatic carbocycles. The Balaban J connectivity index is 1.50. The van der Waals surface area contributed by atoms with Gasteiger partial charge in [0.1, 0.15) is 12.2 Å². The van der Waals surface area contributed by atoms with Crippen LogP contribution in [0.25, 0.3) is 11.7 Å². The molecule has 0 atom stereocenters. The van der Waals surface area contributed by atoms with Crippen molar-refractivity contribution in [1.82, 2.24) is 25.0 Å². The standard InChI is InChI=1S/C19H23N5O4S/c1-2-26-17(25)11-15-20-23-19(24(15)13-7-4-3-5-8-13)29-12-16-21-22-18(28-16)14-9-6-10-27-14/h6,9-10,13H,2-5,7-8,11-12H2,1H3. The zero-order chi connectivity index (χ0) is 20.1. The lowest BCUT2D eigenvalue weighted by Gasteiger charge is -2.25. The summed E-state index contributed by atoms with van der Waals surface area (Å²) in [5.41, 5.74) is 0. The predicted octanol–water partition coefficient (Wildman–Crippen LogP) is 3.82. The van der Waals surface area contributed by atoms with Gasteiger partial charge in [0.2, 0.25) is 5.89 Å². The van der Waals surface area contributed by atoms with Crippen molar-refractivity contribution >= 4 is 17.7 Å². The maximum absolute atomic E-state index is 12.0. The van der Waals surface area contributed by atoms with Crippen LogP contribution in [0.4, 0.5) is 0 Å². The van der Waals surface area contributed by atoms with E-state index in [0.717, 1.165) is 18.0 Å². The van der Waals surface area contributed by atoms with Gasteiger partial charge in [-0.1, -0.05) is 31.0 Å². The van der Waals surface area contributed by atoms with Gasteiger partial charge in [0.15, 0.2) is 10.9 Å². The Kier molecular flexibility index (Phi) is 6.28. The lowest BCUT2D eigenvalue weighted by Crippen LogP contribution is -2.19. The average molecular weight is 417 g/mol.